The van der Waals surface area contributed by atoms with Crippen molar-refractivity contribution in [1.29, 1.82) is 0 Å². The number of nitrogens with zero attached hydrogens (tertiary/aromatic N) is 3. The van der Waals surface area contributed by atoms with Gasteiger partial charge in [-0.05, 0) is 36.8 Å². The number of benzene rings is 2. The van der Waals surface area contributed by atoms with Crippen LogP contribution >= 0.6 is 11.3 Å². The number of urea groups is 1. The minimum Gasteiger partial charge on any atom is -0.486 e. The van der Waals surface area contributed by atoms with Gasteiger partial charge in [0, 0.05) is 14.1 Å². The van der Waals surface area contributed by atoms with Gasteiger partial charge < -0.3 is 9.64 Å². The van der Waals surface area contributed by atoms with E-state index in [9.17, 15) is 9.59 Å². The summed E-state index contributed by atoms with van der Waals surface area (Å²) in [5.41, 5.74) is 0.721. The molecule has 138 valence electrons. The summed E-state index contributed by atoms with van der Waals surface area (Å²) in [5, 5.41) is 0.908. The second-order valence-electron chi connectivity index (χ2n) is 6.67. The van der Waals surface area contributed by atoms with Crippen LogP contribution in [0.25, 0.3) is 10.2 Å². The maximum atomic E-state index is 12.6. The third kappa shape index (κ3) is 2.75. The summed E-state index contributed by atoms with van der Waals surface area (Å²) in [6, 6.07) is 15.0. The molecule has 4 rings (SSSR count). The first-order valence-electron chi connectivity index (χ1n) is 8.55. The van der Waals surface area contributed by atoms with Gasteiger partial charge >= 0.3 is 6.03 Å². The van der Waals surface area contributed by atoms with Gasteiger partial charge in [0.25, 0.3) is 5.91 Å². The lowest BCUT2D eigenvalue weighted by molar-refractivity contribution is -0.131. The number of fused-ring (bicyclic) bond motifs is 1. The summed E-state index contributed by atoms with van der Waals surface area (Å²) in [6.07, 6.45) is 0. The van der Waals surface area contributed by atoms with Crippen molar-refractivity contribution in [2.45, 2.75) is 19.1 Å². The Morgan fingerprint density at radius 2 is 1.78 bits per heavy atom. The van der Waals surface area contributed by atoms with Gasteiger partial charge in [-0.15, -0.1) is 11.3 Å². The Kier molecular flexibility index (Phi) is 4.11. The van der Waals surface area contributed by atoms with Crippen molar-refractivity contribution in [3.8, 4) is 5.75 Å². The molecule has 0 saturated carbocycles. The van der Waals surface area contributed by atoms with E-state index in [1.807, 2.05) is 48.5 Å². The first-order valence-corrected chi connectivity index (χ1v) is 9.36. The van der Waals surface area contributed by atoms with Crippen molar-refractivity contribution in [1.82, 2.24) is 14.8 Å². The molecule has 1 aliphatic heterocycles. The molecule has 1 atom stereocenters. The van der Waals surface area contributed by atoms with Crippen molar-refractivity contribution in [3.63, 3.8) is 0 Å². The van der Waals surface area contributed by atoms with E-state index < -0.39 is 5.54 Å². The van der Waals surface area contributed by atoms with Gasteiger partial charge in [0.15, 0.2) is 0 Å². The average Bonchev–Trinajstić information content (AvgIpc) is 3.18. The molecule has 1 fully saturated rings. The quantitative estimate of drug-likeness (QED) is 0.648. The molecule has 0 bridgehead atoms. The third-order valence-electron chi connectivity index (χ3n) is 5.08. The summed E-state index contributed by atoms with van der Waals surface area (Å²) in [6.45, 7) is 2.14. The van der Waals surface area contributed by atoms with Crippen molar-refractivity contribution >= 4 is 33.5 Å². The molecule has 1 aliphatic rings. The van der Waals surface area contributed by atoms with Crippen LogP contribution in [0.1, 0.15) is 17.5 Å². The van der Waals surface area contributed by atoms with Crippen LogP contribution in [0.5, 0.6) is 5.75 Å². The van der Waals surface area contributed by atoms with E-state index in [0.717, 1.165) is 25.7 Å². The summed E-state index contributed by atoms with van der Waals surface area (Å²) < 4.78 is 6.98. The van der Waals surface area contributed by atoms with Crippen molar-refractivity contribution < 1.29 is 14.3 Å². The minimum absolute atomic E-state index is 0.238. The van der Waals surface area contributed by atoms with Gasteiger partial charge in [0.05, 0.1) is 10.2 Å². The third-order valence-corrected chi connectivity index (χ3v) is 6.09. The fourth-order valence-corrected chi connectivity index (χ4v) is 4.17. The molecular weight excluding hydrogens is 362 g/mol. The monoisotopic (exact) mass is 381 g/mol. The maximum absolute atomic E-state index is 12.6. The van der Waals surface area contributed by atoms with Crippen LogP contribution in [0.3, 0.4) is 0 Å². The Morgan fingerprint density at radius 3 is 2.41 bits per heavy atom. The molecule has 0 radical (unpaired) electrons. The first-order chi connectivity index (χ1) is 12.9. The Labute approximate surface area is 161 Å². The molecule has 2 heterocycles. The number of carbonyl (C=O) groups excluding carboxylic acids is 2. The fraction of sp³-hybridized carbons (Fsp3) is 0.250. The van der Waals surface area contributed by atoms with Crippen LogP contribution in [0, 0.1) is 0 Å². The van der Waals surface area contributed by atoms with E-state index in [1.54, 1.807) is 25.3 Å². The van der Waals surface area contributed by atoms with E-state index in [4.69, 9.17) is 4.74 Å². The molecule has 3 aromatic rings. The zero-order valence-electron chi connectivity index (χ0n) is 15.3. The Morgan fingerprint density at radius 1 is 1.07 bits per heavy atom. The van der Waals surface area contributed by atoms with Crippen LogP contribution in [0.2, 0.25) is 0 Å². The SMILES string of the molecule is CN1C(=O)N(C)C(C)(c2ccc(OCc3nc4ccccc4s3)cc2)C1=O. The Bertz CT molecular complexity index is 997. The number of thiazole rings is 1. The molecule has 7 heteroatoms. The van der Waals surface area contributed by atoms with Crippen molar-refractivity contribution in [2.24, 2.45) is 0 Å². The molecule has 2 aromatic carbocycles. The van der Waals surface area contributed by atoms with Gasteiger partial charge in [-0.1, -0.05) is 24.3 Å². The predicted octanol–water partition coefficient (Wildman–Crippen LogP) is 3.61. The number of hydrogen-bond donors (Lipinski definition) is 0. The summed E-state index contributed by atoms with van der Waals surface area (Å²) in [4.78, 5) is 31.8. The molecule has 3 amide bonds. The topological polar surface area (TPSA) is 62.7 Å². The van der Waals surface area contributed by atoms with E-state index in [1.165, 1.54) is 11.9 Å². The lowest BCUT2D eigenvalue weighted by Gasteiger charge is -2.29. The number of likely N-dealkylation sites (N-methyl/N-ethyl adjacent to an activating group) is 2. The van der Waals surface area contributed by atoms with Crippen LogP contribution in [0.4, 0.5) is 4.79 Å². The van der Waals surface area contributed by atoms with E-state index in [2.05, 4.69) is 4.98 Å². The largest absolute Gasteiger partial charge is 0.486 e. The molecule has 1 aromatic heterocycles. The molecule has 0 N–H and O–H groups in total. The molecule has 1 unspecified atom stereocenters. The fourth-order valence-electron chi connectivity index (χ4n) is 3.29. The Hall–Kier alpha value is -2.93. The van der Waals surface area contributed by atoms with Gasteiger partial charge in [-0.3, -0.25) is 9.69 Å². The van der Waals surface area contributed by atoms with E-state index in [-0.39, 0.29) is 11.9 Å². The van der Waals surface area contributed by atoms with E-state index >= 15 is 0 Å². The minimum atomic E-state index is -1.00. The van der Waals surface area contributed by atoms with Crippen molar-refractivity contribution in [2.75, 3.05) is 14.1 Å². The number of hydrogen-bond acceptors (Lipinski definition) is 5. The van der Waals surface area contributed by atoms with Gasteiger partial charge in [0.1, 0.15) is 22.9 Å². The van der Waals surface area contributed by atoms with Crippen LogP contribution in [0.15, 0.2) is 48.5 Å². The molecule has 6 nitrogen and oxygen atoms in total. The number of para-hydroxylation sites is 1. The molecule has 1 saturated heterocycles. The van der Waals surface area contributed by atoms with Crippen molar-refractivity contribution in [3.05, 3.63) is 59.1 Å². The number of aromatic nitrogens is 1. The zero-order chi connectivity index (χ0) is 19.2. The number of ether oxygens (including phenoxy) is 1. The number of amides is 3. The Balaban J connectivity index is 1.50. The summed E-state index contributed by atoms with van der Waals surface area (Å²) >= 11 is 1.61. The molecule has 0 spiro atoms. The molecule has 0 aliphatic carbocycles. The predicted molar refractivity (Wildman–Crippen MR) is 104 cm³/mol. The highest BCUT2D eigenvalue weighted by molar-refractivity contribution is 7.18. The maximum Gasteiger partial charge on any atom is 0.327 e. The highest BCUT2D eigenvalue weighted by Gasteiger charge is 2.52. The van der Waals surface area contributed by atoms with Crippen LogP contribution in [-0.4, -0.2) is 40.8 Å². The van der Waals surface area contributed by atoms with Gasteiger partial charge in [0.2, 0.25) is 0 Å². The van der Waals surface area contributed by atoms with Crippen LogP contribution in [-0.2, 0) is 16.9 Å². The normalized spacial score (nSPS) is 20.0. The molecule has 27 heavy (non-hydrogen) atoms. The lowest BCUT2D eigenvalue weighted by atomic mass is 9.91. The smallest absolute Gasteiger partial charge is 0.327 e. The van der Waals surface area contributed by atoms with Crippen LogP contribution < -0.4 is 4.74 Å². The highest BCUT2D eigenvalue weighted by atomic mass is 32.1. The second kappa shape index (κ2) is 6.35. The second-order valence-corrected chi connectivity index (χ2v) is 7.78. The summed E-state index contributed by atoms with van der Waals surface area (Å²) in [5.74, 6) is 0.451. The summed E-state index contributed by atoms with van der Waals surface area (Å²) in [7, 11) is 3.14. The van der Waals surface area contributed by atoms with Gasteiger partial charge in [-0.2, -0.15) is 0 Å². The number of rotatable bonds is 4. The standard InChI is InChI=1S/C20H19N3O3S/c1-20(18(24)22(2)19(25)23(20)3)13-8-10-14(11-9-13)26-12-17-21-15-6-4-5-7-16(15)27-17/h4-11H,12H2,1-3H3. The van der Waals surface area contributed by atoms with E-state index in [0.29, 0.717) is 12.4 Å². The first kappa shape index (κ1) is 17.5. The number of carbonyl (C=O) groups is 2. The average molecular weight is 381 g/mol. The zero-order valence-corrected chi connectivity index (χ0v) is 16.1. The lowest BCUT2D eigenvalue weighted by Crippen LogP contribution is -2.41. The number of imide groups is 1. The van der Waals surface area contributed by atoms with Gasteiger partial charge in [-0.25, -0.2) is 9.78 Å². The highest BCUT2D eigenvalue weighted by Crippen LogP contribution is 2.36. The molecular formula is C20H19N3O3S.